The molecule has 0 radical (unpaired) electrons. The topological polar surface area (TPSA) is 58.9 Å². The Balaban J connectivity index is 3.07. The van der Waals surface area contributed by atoms with Crippen LogP contribution in [0.5, 0.6) is 23.0 Å². The van der Waals surface area contributed by atoms with Crippen molar-refractivity contribution >= 4 is 0 Å². The predicted molar refractivity (Wildman–Crippen MR) is 200 cm³/mol. The van der Waals surface area contributed by atoms with Gasteiger partial charge in [-0.25, -0.2) is 0 Å². The Morgan fingerprint density at radius 3 is 1.02 bits per heavy atom. The molecule has 0 amide bonds. The van der Waals surface area contributed by atoms with Gasteiger partial charge in [-0.05, 0) is 38.5 Å². The average molecular weight is 647 g/mol. The fourth-order valence-electron chi connectivity index (χ4n) is 6.58. The average Bonchev–Trinajstić information content (AvgIpc) is 3.06. The minimum Gasteiger partial charge on any atom is -0.504 e. The van der Waals surface area contributed by atoms with Crippen molar-refractivity contribution in [2.75, 3.05) is 13.2 Å². The molecule has 0 saturated carbocycles. The molecule has 46 heavy (non-hydrogen) atoms. The van der Waals surface area contributed by atoms with Crippen LogP contribution in [0.2, 0.25) is 0 Å². The van der Waals surface area contributed by atoms with E-state index in [1.54, 1.807) is 0 Å². The zero-order valence-electron chi connectivity index (χ0n) is 31.3. The summed E-state index contributed by atoms with van der Waals surface area (Å²) in [5.74, 6) is 1.02. The maximum atomic E-state index is 11.4. The Morgan fingerprint density at radius 2 is 0.630 bits per heavy atom. The third-order valence-electron chi connectivity index (χ3n) is 9.62. The molecule has 0 bridgehead atoms. The van der Waals surface area contributed by atoms with Crippen LogP contribution < -0.4 is 9.47 Å². The molecule has 2 N–H and O–H groups in total. The number of phenolic OH excluding ortho intramolecular Hbond substituents is 2. The summed E-state index contributed by atoms with van der Waals surface area (Å²) in [6.45, 7) is 10.2. The van der Waals surface area contributed by atoms with Crippen molar-refractivity contribution in [2.45, 2.75) is 220 Å². The molecule has 4 heteroatoms. The number of benzene rings is 1. The van der Waals surface area contributed by atoms with Gasteiger partial charge in [0.25, 0.3) is 0 Å². The van der Waals surface area contributed by atoms with Crippen LogP contribution in [0.15, 0.2) is 0 Å². The first-order valence-corrected chi connectivity index (χ1v) is 20.5. The van der Waals surface area contributed by atoms with E-state index in [-0.39, 0.29) is 11.5 Å². The summed E-state index contributed by atoms with van der Waals surface area (Å²) in [6, 6.07) is 0. The summed E-state index contributed by atoms with van der Waals surface area (Å²) in [4.78, 5) is 0. The van der Waals surface area contributed by atoms with Crippen molar-refractivity contribution in [3.8, 4) is 23.0 Å². The molecule has 4 nitrogen and oxygen atoms in total. The van der Waals surface area contributed by atoms with E-state index in [0.717, 1.165) is 62.5 Å². The van der Waals surface area contributed by atoms with Gasteiger partial charge in [0.1, 0.15) is 0 Å². The lowest BCUT2D eigenvalue weighted by Crippen LogP contribution is -2.09. The molecule has 0 saturated heterocycles. The SMILES string of the molecule is CCCCCCCCCOc1c(O)c(O)c(CCCCCCCCC)c(CCCCCCCCC)c1OCCCCCCCCC. The van der Waals surface area contributed by atoms with Gasteiger partial charge in [0, 0.05) is 11.1 Å². The number of hydrogen-bond donors (Lipinski definition) is 2. The van der Waals surface area contributed by atoms with Gasteiger partial charge >= 0.3 is 0 Å². The van der Waals surface area contributed by atoms with Crippen molar-refractivity contribution in [1.82, 2.24) is 0 Å². The minimum absolute atomic E-state index is 0.0294. The first-order chi connectivity index (χ1) is 22.6. The van der Waals surface area contributed by atoms with Crippen LogP contribution in [0.4, 0.5) is 0 Å². The molecule has 0 spiro atoms. The molecule has 0 heterocycles. The van der Waals surface area contributed by atoms with Crippen molar-refractivity contribution < 1.29 is 19.7 Å². The van der Waals surface area contributed by atoms with Crippen molar-refractivity contribution in [3.05, 3.63) is 11.1 Å². The van der Waals surface area contributed by atoms with Gasteiger partial charge in [0.2, 0.25) is 11.5 Å². The molecule has 0 atom stereocenters. The zero-order chi connectivity index (χ0) is 33.5. The lowest BCUT2D eigenvalue weighted by atomic mass is 9.93. The molecular formula is C42H78O4. The number of phenols is 2. The second-order valence-electron chi connectivity index (χ2n) is 14.0. The maximum Gasteiger partial charge on any atom is 0.207 e. The smallest absolute Gasteiger partial charge is 0.207 e. The molecule has 1 rings (SSSR count). The second-order valence-corrected chi connectivity index (χ2v) is 14.0. The molecule has 0 aromatic heterocycles. The predicted octanol–water partition coefficient (Wildman–Crippen LogP) is 13.9. The Kier molecular flexibility index (Phi) is 28.4. The van der Waals surface area contributed by atoms with Crippen LogP contribution >= 0.6 is 0 Å². The molecule has 0 aliphatic rings. The van der Waals surface area contributed by atoms with E-state index in [4.69, 9.17) is 9.47 Å². The van der Waals surface area contributed by atoms with E-state index in [9.17, 15) is 10.2 Å². The summed E-state index contributed by atoms with van der Waals surface area (Å²) >= 11 is 0. The highest BCUT2D eigenvalue weighted by Crippen LogP contribution is 2.50. The number of aromatic hydroxyl groups is 2. The van der Waals surface area contributed by atoms with Gasteiger partial charge in [-0.15, -0.1) is 0 Å². The molecule has 0 aliphatic carbocycles. The van der Waals surface area contributed by atoms with Crippen LogP contribution in [0.1, 0.15) is 219 Å². The largest absolute Gasteiger partial charge is 0.504 e. The quantitative estimate of drug-likeness (QED) is 0.0578. The third kappa shape index (κ3) is 19.9. The van der Waals surface area contributed by atoms with Crippen LogP contribution in [-0.4, -0.2) is 23.4 Å². The van der Waals surface area contributed by atoms with Gasteiger partial charge in [-0.3, -0.25) is 0 Å². The molecule has 0 aliphatic heterocycles. The van der Waals surface area contributed by atoms with Crippen LogP contribution in [0.25, 0.3) is 0 Å². The van der Waals surface area contributed by atoms with Gasteiger partial charge in [-0.1, -0.05) is 182 Å². The van der Waals surface area contributed by atoms with Crippen LogP contribution in [-0.2, 0) is 12.8 Å². The highest BCUT2D eigenvalue weighted by atomic mass is 16.5. The highest BCUT2D eigenvalue weighted by Gasteiger charge is 2.26. The molecule has 270 valence electrons. The van der Waals surface area contributed by atoms with Crippen LogP contribution in [0.3, 0.4) is 0 Å². The molecular weight excluding hydrogens is 568 g/mol. The van der Waals surface area contributed by atoms with E-state index in [2.05, 4.69) is 27.7 Å². The first kappa shape index (κ1) is 42.4. The lowest BCUT2D eigenvalue weighted by Gasteiger charge is -2.22. The standard InChI is InChI=1S/C42H78O4/c1-5-9-13-17-21-25-29-33-37-38(34-30-26-22-18-14-10-6-2)41(45-35-31-27-23-19-15-11-7-3)42(40(44)39(37)43)46-36-32-28-24-20-16-12-8-4/h43-44H,5-36H2,1-4H3. The molecule has 1 aromatic carbocycles. The Morgan fingerprint density at radius 1 is 0.326 bits per heavy atom. The van der Waals surface area contributed by atoms with E-state index < -0.39 is 0 Å². The monoisotopic (exact) mass is 647 g/mol. The summed E-state index contributed by atoms with van der Waals surface area (Å²) < 4.78 is 12.9. The zero-order valence-corrected chi connectivity index (χ0v) is 31.3. The van der Waals surface area contributed by atoms with Gasteiger partial charge in [-0.2, -0.15) is 0 Å². The summed E-state index contributed by atoms with van der Waals surface area (Å²) in [5, 5.41) is 22.7. The number of rotatable bonds is 34. The van der Waals surface area contributed by atoms with E-state index in [1.807, 2.05) is 0 Å². The number of hydrogen-bond acceptors (Lipinski definition) is 4. The third-order valence-corrected chi connectivity index (χ3v) is 9.62. The van der Waals surface area contributed by atoms with Crippen molar-refractivity contribution in [2.24, 2.45) is 0 Å². The number of unbranched alkanes of at least 4 members (excludes halogenated alkanes) is 24. The van der Waals surface area contributed by atoms with E-state index in [0.29, 0.717) is 24.7 Å². The van der Waals surface area contributed by atoms with Gasteiger partial charge < -0.3 is 19.7 Å². The number of ether oxygens (including phenoxy) is 2. The summed E-state index contributed by atoms with van der Waals surface area (Å²) in [5.41, 5.74) is 1.99. The minimum atomic E-state index is -0.112. The lowest BCUT2D eigenvalue weighted by molar-refractivity contribution is 0.242. The Bertz CT molecular complexity index is 821. The molecule has 0 fully saturated rings. The second kappa shape index (κ2) is 30.7. The Labute approximate surface area is 286 Å². The van der Waals surface area contributed by atoms with E-state index >= 15 is 0 Å². The highest BCUT2D eigenvalue weighted by molar-refractivity contribution is 5.66. The molecule has 0 unspecified atom stereocenters. The summed E-state index contributed by atoms with van der Waals surface area (Å²) in [7, 11) is 0. The normalized spacial score (nSPS) is 11.4. The van der Waals surface area contributed by atoms with Gasteiger partial charge in [0.05, 0.1) is 13.2 Å². The van der Waals surface area contributed by atoms with Gasteiger partial charge in [0.15, 0.2) is 11.5 Å². The summed E-state index contributed by atoms with van der Waals surface area (Å²) in [6.07, 6.45) is 36.1. The van der Waals surface area contributed by atoms with E-state index in [1.165, 1.54) is 141 Å². The van der Waals surface area contributed by atoms with Crippen molar-refractivity contribution in [1.29, 1.82) is 0 Å². The Hall–Kier alpha value is -1.58. The first-order valence-electron chi connectivity index (χ1n) is 20.5. The fourth-order valence-corrected chi connectivity index (χ4v) is 6.58. The fraction of sp³-hybridized carbons (Fsp3) is 0.857. The van der Waals surface area contributed by atoms with Crippen molar-refractivity contribution in [3.63, 3.8) is 0 Å². The van der Waals surface area contributed by atoms with Crippen LogP contribution in [0, 0.1) is 0 Å². The maximum absolute atomic E-state index is 11.4. The molecule has 1 aromatic rings.